The van der Waals surface area contributed by atoms with E-state index < -0.39 is 12.1 Å². The average molecular weight is 1240 g/mol. The highest BCUT2D eigenvalue weighted by molar-refractivity contribution is 5.76. The van der Waals surface area contributed by atoms with Crippen LogP contribution in [-0.4, -0.2) is 47.4 Å². The van der Waals surface area contributed by atoms with E-state index in [2.05, 4.69) is 55.6 Å². The Morgan fingerprint density at radius 1 is 0.318 bits per heavy atom. The number of unbranched alkanes of at least 4 members (excludes halogenated alkanes) is 59. The number of ether oxygens (including phenoxy) is 1. The Morgan fingerprint density at radius 3 is 0.875 bits per heavy atom. The molecule has 0 aromatic rings. The van der Waals surface area contributed by atoms with Crippen molar-refractivity contribution in [1.29, 1.82) is 0 Å². The Kier molecular flexibility index (Phi) is 75.8. The molecule has 2 unspecified atom stereocenters. The highest BCUT2D eigenvalue weighted by Gasteiger charge is 2.20. The molecule has 0 aliphatic carbocycles. The van der Waals surface area contributed by atoms with Crippen LogP contribution in [0.4, 0.5) is 0 Å². The van der Waals surface area contributed by atoms with Crippen LogP contribution in [-0.2, 0) is 14.3 Å². The van der Waals surface area contributed by atoms with E-state index in [1.807, 2.05) is 0 Å². The third-order valence-corrected chi connectivity index (χ3v) is 18.9. The molecule has 6 nitrogen and oxygen atoms in total. The van der Waals surface area contributed by atoms with Gasteiger partial charge in [-0.2, -0.15) is 0 Å². The fraction of sp³-hybridized carbons (Fsp3) is 0.902. The fourth-order valence-corrected chi connectivity index (χ4v) is 12.8. The Labute approximate surface area is 551 Å². The second kappa shape index (κ2) is 77.5. The van der Waals surface area contributed by atoms with Gasteiger partial charge in [0.15, 0.2) is 0 Å². The predicted octanol–water partition coefficient (Wildman–Crippen LogP) is 26.6. The van der Waals surface area contributed by atoms with Crippen LogP contribution in [0.2, 0.25) is 0 Å². The SMILES string of the molecule is CCCCCCCC/C=C\CCCCCCCCCC(=O)OCCCCCCCCCCC/C=C\C/C=C\CCCCCCCCCCCCCCCCCCCC(=O)NC(CO)C(O)CCCCCCCCCCCCCCCCCCCCCCC. The second-order valence-corrected chi connectivity index (χ2v) is 27.7. The number of rotatable bonds is 76. The lowest BCUT2D eigenvalue weighted by Crippen LogP contribution is -2.45. The summed E-state index contributed by atoms with van der Waals surface area (Å²) in [7, 11) is 0. The van der Waals surface area contributed by atoms with Gasteiger partial charge in [0.05, 0.1) is 25.4 Å². The number of nitrogens with one attached hydrogen (secondary N) is 1. The highest BCUT2D eigenvalue weighted by Crippen LogP contribution is 2.20. The molecule has 0 bridgehead atoms. The van der Waals surface area contributed by atoms with Crippen LogP contribution in [0.5, 0.6) is 0 Å². The van der Waals surface area contributed by atoms with Gasteiger partial charge in [-0.05, 0) is 83.5 Å². The monoisotopic (exact) mass is 1240 g/mol. The summed E-state index contributed by atoms with van der Waals surface area (Å²) in [5, 5.41) is 23.5. The molecular weight excluding hydrogens is 1080 g/mol. The Morgan fingerprint density at radius 2 is 0.568 bits per heavy atom. The molecule has 0 aliphatic heterocycles. The zero-order chi connectivity index (χ0) is 63.5. The second-order valence-electron chi connectivity index (χ2n) is 27.7. The van der Waals surface area contributed by atoms with Crippen molar-refractivity contribution in [2.24, 2.45) is 0 Å². The summed E-state index contributed by atoms with van der Waals surface area (Å²) in [6.45, 7) is 4.99. The van der Waals surface area contributed by atoms with Gasteiger partial charge in [-0.25, -0.2) is 0 Å². The van der Waals surface area contributed by atoms with E-state index in [0.29, 0.717) is 25.9 Å². The summed E-state index contributed by atoms with van der Waals surface area (Å²) < 4.78 is 5.50. The lowest BCUT2D eigenvalue weighted by atomic mass is 10.0. The molecule has 6 heteroatoms. The summed E-state index contributed by atoms with van der Waals surface area (Å²) >= 11 is 0. The number of carbonyl (C=O) groups is 2. The van der Waals surface area contributed by atoms with E-state index in [1.54, 1.807) is 0 Å². The minimum absolute atomic E-state index is 0.0117. The molecule has 1 amide bonds. The molecule has 0 aromatic heterocycles. The summed E-state index contributed by atoms with van der Waals surface area (Å²) in [5.74, 6) is -0.0165. The molecule has 0 fully saturated rings. The van der Waals surface area contributed by atoms with E-state index in [0.717, 1.165) is 51.4 Å². The first kappa shape index (κ1) is 86.1. The normalized spacial score (nSPS) is 12.6. The molecule has 0 aromatic carbocycles. The summed E-state index contributed by atoms with van der Waals surface area (Å²) in [6, 6.07) is -0.541. The molecule has 520 valence electrons. The van der Waals surface area contributed by atoms with Crippen molar-refractivity contribution in [3.63, 3.8) is 0 Å². The fourth-order valence-electron chi connectivity index (χ4n) is 12.8. The van der Waals surface area contributed by atoms with Crippen molar-refractivity contribution in [3.8, 4) is 0 Å². The Bertz CT molecular complexity index is 1430. The van der Waals surface area contributed by atoms with Gasteiger partial charge in [0.2, 0.25) is 5.91 Å². The van der Waals surface area contributed by atoms with Crippen LogP contribution in [0, 0.1) is 0 Å². The van der Waals surface area contributed by atoms with Crippen molar-refractivity contribution in [1.82, 2.24) is 5.32 Å². The standard InChI is InChI=1S/C82H157NO5/c1-3-5-7-9-11-13-15-17-19-21-22-36-39-43-46-50-54-58-62-66-70-74-80(85)79(78-84)83-81(86)75-71-67-63-59-55-51-47-44-40-37-34-32-30-28-26-24-23-25-27-29-31-33-35-38-41-45-49-53-57-61-65-69-73-77-88-82(87)76-72-68-64-60-56-52-48-42-20-18-16-14-12-10-8-6-4-2/h18,20,27,29,33,35,79-80,84-85H,3-17,19,21-26,28,30-32,34,36-78H2,1-2H3,(H,83,86)/b20-18-,29-27-,35-33-. The number of hydrogen-bond donors (Lipinski definition) is 3. The first-order chi connectivity index (χ1) is 43.5. The first-order valence-electron chi connectivity index (χ1n) is 40.2. The lowest BCUT2D eigenvalue weighted by molar-refractivity contribution is -0.143. The average Bonchev–Trinajstić information content (AvgIpc) is 3.58. The van der Waals surface area contributed by atoms with Crippen molar-refractivity contribution in [3.05, 3.63) is 36.5 Å². The molecule has 88 heavy (non-hydrogen) atoms. The molecule has 3 N–H and O–H groups in total. The number of allylic oxidation sites excluding steroid dienone is 6. The maximum Gasteiger partial charge on any atom is 0.305 e. The van der Waals surface area contributed by atoms with Gasteiger partial charge in [0, 0.05) is 12.8 Å². The number of hydrogen-bond acceptors (Lipinski definition) is 5. The summed E-state index contributed by atoms with van der Waals surface area (Å²) in [6.07, 6.45) is 101. The minimum Gasteiger partial charge on any atom is -0.466 e. The van der Waals surface area contributed by atoms with Crippen LogP contribution in [0.15, 0.2) is 36.5 Å². The maximum atomic E-state index is 12.6. The number of aliphatic hydroxyl groups is 2. The molecule has 2 atom stereocenters. The number of aliphatic hydroxyl groups excluding tert-OH is 2. The van der Waals surface area contributed by atoms with Gasteiger partial charge >= 0.3 is 5.97 Å². The summed E-state index contributed by atoms with van der Waals surface area (Å²) in [5.41, 5.74) is 0. The molecule has 0 spiro atoms. The molecular formula is C82H157NO5. The van der Waals surface area contributed by atoms with Gasteiger partial charge in [-0.1, -0.05) is 391 Å². The van der Waals surface area contributed by atoms with Gasteiger partial charge in [0.25, 0.3) is 0 Å². The van der Waals surface area contributed by atoms with Crippen molar-refractivity contribution in [2.45, 2.75) is 463 Å². The van der Waals surface area contributed by atoms with Gasteiger partial charge in [-0.15, -0.1) is 0 Å². The third-order valence-electron chi connectivity index (χ3n) is 18.9. The predicted molar refractivity (Wildman–Crippen MR) is 389 cm³/mol. The molecule has 0 radical (unpaired) electrons. The van der Waals surface area contributed by atoms with Crippen LogP contribution < -0.4 is 5.32 Å². The highest BCUT2D eigenvalue weighted by atomic mass is 16.5. The molecule has 0 heterocycles. The van der Waals surface area contributed by atoms with Crippen molar-refractivity contribution < 1.29 is 24.5 Å². The maximum absolute atomic E-state index is 12.6. The molecule has 0 rings (SSSR count). The topological polar surface area (TPSA) is 95.9 Å². The third kappa shape index (κ3) is 73.1. The Balaban J connectivity index is 3.37. The van der Waals surface area contributed by atoms with Crippen molar-refractivity contribution >= 4 is 11.9 Å². The van der Waals surface area contributed by atoms with Crippen LogP contribution in [0.1, 0.15) is 450 Å². The molecule has 0 aliphatic rings. The lowest BCUT2D eigenvalue weighted by Gasteiger charge is -2.22. The minimum atomic E-state index is -0.664. The van der Waals surface area contributed by atoms with E-state index in [4.69, 9.17) is 4.74 Å². The van der Waals surface area contributed by atoms with Gasteiger partial charge in [0.1, 0.15) is 0 Å². The number of esters is 1. The van der Waals surface area contributed by atoms with Gasteiger partial charge < -0.3 is 20.3 Å². The van der Waals surface area contributed by atoms with Crippen LogP contribution in [0.25, 0.3) is 0 Å². The van der Waals surface area contributed by atoms with Crippen LogP contribution >= 0.6 is 0 Å². The van der Waals surface area contributed by atoms with E-state index >= 15 is 0 Å². The van der Waals surface area contributed by atoms with E-state index in [9.17, 15) is 19.8 Å². The van der Waals surface area contributed by atoms with E-state index in [-0.39, 0.29) is 18.5 Å². The van der Waals surface area contributed by atoms with Gasteiger partial charge in [-0.3, -0.25) is 9.59 Å². The zero-order valence-electron chi connectivity index (χ0n) is 59.7. The quantitative estimate of drug-likeness (QED) is 0.0320. The molecule has 0 saturated carbocycles. The number of carbonyl (C=O) groups excluding carboxylic acids is 2. The smallest absolute Gasteiger partial charge is 0.305 e. The largest absolute Gasteiger partial charge is 0.466 e. The zero-order valence-corrected chi connectivity index (χ0v) is 59.7. The van der Waals surface area contributed by atoms with Crippen molar-refractivity contribution in [2.75, 3.05) is 13.2 Å². The number of amides is 1. The summed E-state index contributed by atoms with van der Waals surface area (Å²) in [4.78, 5) is 24.7. The Hall–Kier alpha value is -1.92. The first-order valence-corrected chi connectivity index (χ1v) is 40.2. The van der Waals surface area contributed by atoms with E-state index in [1.165, 1.54) is 366 Å². The molecule has 0 saturated heterocycles. The van der Waals surface area contributed by atoms with Crippen LogP contribution in [0.3, 0.4) is 0 Å².